The summed E-state index contributed by atoms with van der Waals surface area (Å²) in [6, 6.07) is -2.71. The number of nitrogens with two attached hydrogens (primary N) is 1. The molecule has 8 N–H and O–H groups in total. The molecule has 0 aromatic heterocycles. The lowest BCUT2D eigenvalue weighted by atomic mass is 9.96. The van der Waals surface area contributed by atoms with Gasteiger partial charge in [-0.25, -0.2) is 9.13 Å². The number of amides is 5. The number of aliphatic hydroxyl groups excluding tert-OH is 1. The molecule has 5 amide bonds. The van der Waals surface area contributed by atoms with Crippen LogP contribution in [0.4, 0.5) is 0 Å². The molecule has 0 bridgehead atoms. The second-order valence-electron chi connectivity index (χ2n) is 13.8. The Kier molecular flexibility index (Phi) is 20.9. The van der Waals surface area contributed by atoms with Crippen LogP contribution in [-0.2, 0) is 65.4 Å². The van der Waals surface area contributed by atoms with Crippen molar-refractivity contribution in [2.75, 3.05) is 65.6 Å². The summed E-state index contributed by atoms with van der Waals surface area (Å²) in [7, 11) is 7.64. The molecule has 5 unspecified atom stereocenters. The van der Waals surface area contributed by atoms with Crippen molar-refractivity contribution in [3.63, 3.8) is 0 Å². The Morgan fingerprint density at radius 2 is 1.12 bits per heavy atom. The van der Waals surface area contributed by atoms with Crippen molar-refractivity contribution in [1.82, 2.24) is 25.8 Å². The summed E-state index contributed by atoms with van der Waals surface area (Å²) >= 11 is 0. The van der Waals surface area contributed by atoms with Crippen LogP contribution in [0.3, 0.4) is 0 Å². The topological polar surface area (TPSA) is 313 Å². The summed E-state index contributed by atoms with van der Waals surface area (Å²) in [5.41, 5.74) is 5.26. The molecular weight excluding hydrogens is 823 g/mol. The first-order valence-corrected chi connectivity index (χ1v) is 22.0. The first-order valence-electron chi connectivity index (χ1n) is 19.0. The summed E-state index contributed by atoms with van der Waals surface area (Å²) < 4.78 is 62.4. The van der Waals surface area contributed by atoms with Gasteiger partial charge < -0.3 is 60.6 Å². The number of aliphatic hydroxyl groups is 1. The molecule has 0 aromatic rings. The van der Waals surface area contributed by atoms with E-state index in [1.807, 2.05) is 0 Å². The molecule has 0 aromatic carbocycles. The van der Waals surface area contributed by atoms with Gasteiger partial charge in [-0.15, -0.1) is 0 Å². The van der Waals surface area contributed by atoms with Crippen molar-refractivity contribution in [3.05, 3.63) is 0 Å². The number of phosphoric acid groups is 2. The normalized spacial score (nSPS) is 28.6. The number of hydrogen-bond donors (Lipinski definition) is 7. The number of ether oxygens (including phenoxy) is 3. The van der Waals surface area contributed by atoms with E-state index in [1.165, 1.54) is 9.80 Å². The van der Waals surface area contributed by atoms with Gasteiger partial charge in [0.2, 0.25) is 29.5 Å². The molecule has 3 fully saturated rings. The highest BCUT2D eigenvalue weighted by Crippen LogP contribution is 2.50. The first kappa shape index (κ1) is 50.9. The van der Waals surface area contributed by atoms with E-state index >= 15 is 0 Å². The number of nitrogens with one attached hydrogen (secondary N) is 3. The van der Waals surface area contributed by atoms with Gasteiger partial charge in [0, 0.05) is 63.6 Å². The Bertz CT molecular complexity index is 1530. The number of phosphoric ester groups is 2. The third kappa shape index (κ3) is 17.8. The van der Waals surface area contributed by atoms with Crippen LogP contribution in [0.1, 0.15) is 46.0 Å². The summed E-state index contributed by atoms with van der Waals surface area (Å²) in [5.74, 6) is -2.29. The highest BCUT2D eigenvalue weighted by atomic mass is 31.2. The quantitative estimate of drug-likeness (QED) is 0.0339. The van der Waals surface area contributed by atoms with Crippen LogP contribution in [-0.4, -0.2) is 198 Å². The maximum Gasteiger partial charge on any atom is 0.472 e. The van der Waals surface area contributed by atoms with E-state index in [-0.39, 0.29) is 83.8 Å². The van der Waals surface area contributed by atoms with E-state index in [1.54, 1.807) is 13.8 Å². The van der Waals surface area contributed by atoms with Crippen molar-refractivity contribution in [3.8, 4) is 0 Å². The van der Waals surface area contributed by atoms with Crippen molar-refractivity contribution in [1.29, 1.82) is 0 Å². The molecule has 3 saturated heterocycles. The highest BCUT2D eigenvalue weighted by molar-refractivity contribution is 7.47. The smallest absolute Gasteiger partial charge is 0.390 e. The minimum Gasteiger partial charge on any atom is -0.390 e. The molecule has 28 heteroatoms. The van der Waals surface area contributed by atoms with Crippen molar-refractivity contribution < 1.29 is 80.3 Å². The Labute approximate surface area is 346 Å². The van der Waals surface area contributed by atoms with Crippen molar-refractivity contribution in [2.24, 2.45) is 5.73 Å². The second kappa shape index (κ2) is 24.3. The number of carbonyl (C=O) groups is 5. The predicted octanol–water partition coefficient (Wildman–Crippen LogP) is -4.01. The van der Waals surface area contributed by atoms with Crippen LogP contribution in [0.15, 0.2) is 0 Å². The fourth-order valence-corrected chi connectivity index (χ4v) is 8.05. The monoisotopic (exact) mass is 876 g/mol. The zero-order chi connectivity index (χ0) is 43.9. The van der Waals surface area contributed by atoms with Crippen LogP contribution in [0.25, 0.3) is 0 Å². The van der Waals surface area contributed by atoms with E-state index in [9.17, 15) is 48.0 Å². The van der Waals surface area contributed by atoms with Crippen LogP contribution in [0.2, 0.25) is 0 Å². The Morgan fingerprint density at radius 1 is 0.695 bits per heavy atom. The van der Waals surface area contributed by atoms with Crippen LogP contribution in [0.5, 0.6) is 0 Å². The largest absolute Gasteiger partial charge is 0.472 e. The summed E-state index contributed by atoms with van der Waals surface area (Å²) in [6.07, 6.45) is -6.55. The summed E-state index contributed by atoms with van der Waals surface area (Å²) in [5, 5.41) is 17.6. The van der Waals surface area contributed by atoms with Gasteiger partial charge in [-0.3, -0.25) is 42.1 Å². The Morgan fingerprint density at radius 3 is 1.59 bits per heavy atom. The minimum absolute atomic E-state index is 0.0467. The predicted molar refractivity (Wildman–Crippen MR) is 206 cm³/mol. The number of carbonyl (C=O) groups excluding carboxylic acids is 5. The van der Waals surface area contributed by atoms with E-state index < -0.39 is 114 Å². The first-order chi connectivity index (χ1) is 27.7. The molecule has 11 atom stereocenters. The third-order valence-electron chi connectivity index (χ3n) is 9.12. The fourth-order valence-electron chi connectivity index (χ4n) is 6.13. The zero-order valence-corrected chi connectivity index (χ0v) is 34.7. The van der Waals surface area contributed by atoms with Gasteiger partial charge in [0.15, 0.2) is 0 Å². The van der Waals surface area contributed by atoms with Crippen molar-refractivity contribution in [2.45, 2.75) is 101 Å². The molecule has 0 aliphatic carbocycles. The second-order valence-corrected chi connectivity index (χ2v) is 16.6. The SMILES string of the molecule is [B][C@H]1CC(O)[C@@H](COP(=O)(O)OC2C[C@H]([B])O[C@@H]2COP(=O)(O)OC2C[C@H]([B])O[C@@H]2CNC(=O)CN(CCNC(=O)CN(CCNC(=O)CN)C(=O)CC)C(=O)CC)O1. The number of rotatable bonds is 25. The van der Waals surface area contributed by atoms with Crippen molar-refractivity contribution >= 4 is 68.7 Å². The molecule has 23 nitrogen and oxygen atoms in total. The maximum absolute atomic E-state index is 13.0. The van der Waals surface area contributed by atoms with Crippen LogP contribution < -0.4 is 21.7 Å². The maximum atomic E-state index is 13.0. The van der Waals surface area contributed by atoms with Gasteiger partial charge in [-0.2, -0.15) is 0 Å². The highest BCUT2D eigenvalue weighted by Gasteiger charge is 2.44. The Hall–Kier alpha value is -2.44. The zero-order valence-electron chi connectivity index (χ0n) is 33.0. The molecule has 3 heterocycles. The van der Waals surface area contributed by atoms with Gasteiger partial charge in [-0.1, -0.05) is 13.8 Å². The van der Waals surface area contributed by atoms with E-state index in [0.717, 1.165) is 0 Å². The lowest BCUT2D eigenvalue weighted by Crippen LogP contribution is -2.48. The third-order valence-corrected chi connectivity index (χ3v) is 11.1. The molecule has 6 radical (unpaired) electrons. The molecule has 3 aliphatic rings. The van der Waals surface area contributed by atoms with Gasteiger partial charge in [0.05, 0.1) is 51.2 Å². The average molecular weight is 876 g/mol. The van der Waals surface area contributed by atoms with Crippen LogP contribution >= 0.6 is 15.6 Å². The lowest BCUT2D eigenvalue weighted by Gasteiger charge is -2.25. The standard InChI is InChI=1S/C31H53B3N6O17P2/c1-3-30(45)39(7-5-36-27(42)12-35)14-28(43)37-6-8-40(31(46)4-2)15-29(44)38-13-21-19(10-25(33)53-21)56-59(49,50)52-17-23-20(11-26(34)55-23)57-58(47,48)51-16-22-18(41)9-24(32)54-22/h18-26,41H,3-17,35H2,1-2H3,(H,36,42)(H,37,43)(H,38,44)(H,47,48)(H,49,50)/t18?,19?,20?,21-,22-,23-,24-,25-,26-/m1/s1. The average Bonchev–Trinajstić information content (AvgIpc) is 3.82. The van der Waals surface area contributed by atoms with E-state index in [4.69, 9.17) is 61.6 Å². The molecule has 3 rings (SSSR count). The number of nitrogens with zero attached hydrogens (tertiary/aromatic N) is 2. The summed E-state index contributed by atoms with van der Waals surface area (Å²) in [4.78, 5) is 85.1. The van der Waals surface area contributed by atoms with E-state index in [2.05, 4.69) is 16.0 Å². The van der Waals surface area contributed by atoms with Crippen LogP contribution in [0, 0.1) is 0 Å². The van der Waals surface area contributed by atoms with E-state index in [0.29, 0.717) is 0 Å². The fraction of sp³-hybridized carbons (Fsp3) is 0.839. The van der Waals surface area contributed by atoms with Gasteiger partial charge in [-0.05, 0) is 19.3 Å². The molecular formula is C31H53B3N6O17P2. The lowest BCUT2D eigenvalue weighted by molar-refractivity contribution is -0.137. The molecule has 3 aliphatic heterocycles. The van der Waals surface area contributed by atoms with Gasteiger partial charge in [0.25, 0.3) is 0 Å². The Balaban J connectivity index is 1.46. The molecule has 59 heavy (non-hydrogen) atoms. The van der Waals surface area contributed by atoms with Gasteiger partial charge >= 0.3 is 15.6 Å². The molecule has 0 saturated carbocycles. The molecule has 328 valence electrons. The van der Waals surface area contributed by atoms with Gasteiger partial charge in [0.1, 0.15) is 41.9 Å². The molecule has 0 spiro atoms. The summed E-state index contributed by atoms with van der Waals surface area (Å²) in [6.45, 7) is 0.888. The number of hydrogen-bond acceptors (Lipinski definition) is 16. The minimum atomic E-state index is -4.91.